The number of hydrogen-bond donors (Lipinski definition) is 5. The number of carbonyl (C=O) groups is 1. The number of hydrogen-bond acceptors (Lipinski definition) is 10. The molecule has 10 nitrogen and oxygen atoms in total. The average Bonchev–Trinajstić information content (AvgIpc) is 3.62. The van der Waals surface area contributed by atoms with Crippen LogP contribution in [0.2, 0.25) is 0 Å². The van der Waals surface area contributed by atoms with Crippen LogP contribution in [0.4, 0.5) is 0 Å². The van der Waals surface area contributed by atoms with Gasteiger partial charge >= 0.3 is 5.97 Å². The van der Waals surface area contributed by atoms with Gasteiger partial charge < -0.3 is 44.5 Å². The molecule has 0 amide bonds. The summed E-state index contributed by atoms with van der Waals surface area (Å²) in [6.45, 7) is 18.7. The van der Waals surface area contributed by atoms with Gasteiger partial charge in [-0.1, -0.05) is 55.4 Å². The number of esters is 1. The monoisotopic (exact) mass is 678 g/mol. The number of carbonyl (C=O) groups excluding carboxylic acids is 1. The molecule has 0 bridgehead atoms. The summed E-state index contributed by atoms with van der Waals surface area (Å²) >= 11 is 0. The predicted molar refractivity (Wildman–Crippen MR) is 175 cm³/mol. The van der Waals surface area contributed by atoms with Crippen LogP contribution in [-0.4, -0.2) is 92.9 Å². The first-order chi connectivity index (χ1) is 22.1. The summed E-state index contributed by atoms with van der Waals surface area (Å²) in [5.74, 6) is -1.72. The van der Waals surface area contributed by atoms with Crippen molar-refractivity contribution in [1.82, 2.24) is 0 Å². The fourth-order valence-electron chi connectivity index (χ4n) is 14.0. The van der Waals surface area contributed by atoms with E-state index in [1.165, 1.54) is 6.92 Å². The first-order valence-corrected chi connectivity index (χ1v) is 18.7. The SMILES string of the molecule is CC(=O)O[C@@H]([C@H]1C[C@@H](C)[C@H]2[C@@](O)(O1)[C@H](O)[C@@]1(C)[C@@H]3CC[C@H]4C(C)(C)C(O[C@@H]5OCC(O)[C@H](O)[C@H]5O)CCC45C[C@@]35CC[C@]21C)C(C)(C)C. The van der Waals surface area contributed by atoms with Gasteiger partial charge in [0, 0.05) is 23.7 Å². The van der Waals surface area contributed by atoms with Gasteiger partial charge in [0.15, 0.2) is 12.1 Å². The van der Waals surface area contributed by atoms with E-state index in [0.717, 1.165) is 44.9 Å². The van der Waals surface area contributed by atoms with Crippen molar-refractivity contribution in [3.8, 4) is 0 Å². The van der Waals surface area contributed by atoms with Crippen molar-refractivity contribution >= 4 is 5.97 Å². The Bertz CT molecular complexity index is 1300. The molecule has 5 saturated carbocycles. The van der Waals surface area contributed by atoms with Crippen molar-refractivity contribution < 1.29 is 49.3 Å². The Labute approximate surface area is 286 Å². The minimum Gasteiger partial charge on any atom is -0.459 e. The summed E-state index contributed by atoms with van der Waals surface area (Å²) < 4.78 is 24.7. The molecular weight excluding hydrogens is 616 g/mol. The number of ether oxygens (including phenoxy) is 4. The van der Waals surface area contributed by atoms with Crippen molar-refractivity contribution in [2.45, 2.75) is 168 Å². The van der Waals surface area contributed by atoms with Gasteiger partial charge in [-0.05, 0) is 90.8 Å². The lowest BCUT2D eigenvalue weighted by Crippen LogP contribution is -2.61. The van der Waals surface area contributed by atoms with Crippen LogP contribution in [0, 0.1) is 56.2 Å². The Balaban J connectivity index is 1.17. The first-order valence-electron chi connectivity index (χ1n) is 18.7. The molecule has 0 radical (unpaired) electrons. The highest BCUT2D eigenvalue weighted by molar-refractivity contribution is 5.66. The van der Waals surface area contributed by atoms with Crippen LogP contribution in [0.5, 0.6) is 0 Å². The molecule has 48 heavy (non-hydrogen) atoms. The van der Waals surface area contributed by atoms with Crippen LogP contribution >= 0.6 is 0 Å². The summed E-state index contributed by atoms with van der Waals surface area (Å²) in [5.41, 5.74) is -1.37. The zero-order valence-electron chi connectivity index (χ0n) is 30.6. The molecule has 10 heteroatoms. The molecule has 17 atom stereocenters. The molecule has 5 aliphatic carbocycles. The highest BCUT2D eigenvalue weighted by Gasteiger charge is 2.86. The zero-order chi connectivity index (χ0) is 35.2. The van der Waals surface area contributed by atoms with E-state index in [9.17, 15) is 30.3 Å². The fourth-order valence-corrected chi connectivity index (χ4v) is 14.0. The topological polar surface area (TPSA) is 155 Å². The molecule has 5 N–H and O–H groups in total. The van der Waals surface area contributed by atoms with Crippen LogP contribution in [0.15, 0.2) is 0 Å². The fraction of sp³-hybridized carbons (Fsp3) is 0.974. The summed E-state index contributed by atoms with van der Waals surface area (Å²) in [7, 11) is 0. The molecule has 2 aliphatic heterocycles. The third-order valence-electron chi connectivity index (χ3n) is 16.0. The van der Waals surface area contributed by atoms with Crippen molar-refractivity contribution in [2.75, 3.05) is 6.61 Å². The van der Waals surface area contributed by atoms with E-state index >= 15 is 0 Å². The van der Waals surface area contributed by atoms with Gasteiger partial charge in [-0.3, -0.25) is 4.79 Å². The van der Waals surface area contributed by atoms with Crippen molar-refractivity contribution in [1.29, 1.82) is 0 Å². The normalized spacial score (nSPS) is 56.1. The van der Waals surface area contributed by atoms with Crippen molar-refractivity contribution in [3.05, 3.63) is 0 Å². The van der Waals surface area contributed by atoms with E-state index in [4.69, 9.17) is 18.9 Å². The van der Waals surface area contributed by atoms with Crippen LogP contribution in [0.3, 0.4) is 0 Å². The second kappa shape index (κ2) is 10.8. The van der Waals surface area contributed by atoms with E-state index in [2.05, 4.69) is 34.6 Å². The summed E-state index contributed by atoms with van der Waals surface area (Å²) in [6, 6.07) is 0. The van der Waals surface area contributed by atoms with E-state index in [-0.39, 0.29) is 58.1 Å². The van der Waals surface area contributed by atoms with Crippen LogP contribution in [0.1, 0.15) is 114 Å². The van der Waals surface area contributed by atoms with Gasteiger partial charge in [0.25, 0.3) is 0 Å². The number of aliphatic hydroxyl groups is 5. The molecule has 2 spiro atoms. The largest absolute Gasteiger partial charge is 0.459 e. The van der Waals surface area contributed by atoms with Crippen molar-refractivity contribution in [2.24, 2.45) is 56.2 Å². The highest BCUT2D eigenvalue weighted by atomic mass is 16.7. The van der Waals surface area contributed by atoms with Crippen LogP contribution in [-0.2, 0) is 23.7 Å². The lowest BCUT2D eigenvalue weighted by molar-refractivity contribution is -0.340. The van der Waals surface area contributed by atoms with Crippen LogP contribution in [0.25, 0.3) is 0 Å². The molecule has 0 aromatic rings. The van der Waals surface area contributed by atoms with Gasteiger partial charge in [0.05, 0.1) is 18.8 Å². The van der Waals surface area contributed by atoms with Crippen LogP contribution < -0.4 is 0 Å². The Kier molecular flexibility index (Phi) is 8.03. The lowest BCUT2D eigenvalue weighted by Gasteiger charge is -2.63. The maximum Gasteiger partial charge on any atom is 0.303 e. The first kappa shape index (κ1) is 35.5. The number of fused-ring (bicyclic) bond motifs is 4. The molecule has 7 aliphatic rings. The zero-order valence-corrected chi connectivity index (χ0v) is 30.6. The highest BCUT2D eigenvalue weighted by Crippen LogP contribution is 2.89. The summed E-state index contributed by atoms with van der Waals surface area (Å²) in [6.07, 6.45) is 0.354. The lowest BCUT2D eigenvalue weighted by atomic mass is 9.41. The molecule has 0 aromatic heterocycles. The Morgan fingerprint density at radius 2 is 1.56 bits per heavy atom. The molecule has 7 rings (SSSR count). The van der Waals surface area contributed by atoms with Crippen molar-refractivity contribution in [3.63, 3.8) is 0 Å². The molecule has 274 valence electrons. The predicted octanol–water partition coefficient (Wildman–Crippen LogP) is 3.92. The number of rotatable bonds is 4. The third kappa shape index (κ3) is 4.42. The maximum absolute atomic E-state index is 12.7. The smallest absolute Gasteiger partial charge is 0.303 e. The average molecular weight is 679 g/mol. The minimum absolute atomic E-state index is 0.0534. The number of aliphatic hydroxyl groups excluding tert-OH is 4. The Morgan fingerprint density at radius 1 is 0.917 bits per heavy atom. The molecule has 3 unspecified atom stereocenters. The maximum atomic E-state index is 12.7. The van der Waals surface area contributed by atoms with E-state index in [0.29, 0.717) is 12.3 Å². The van der Waals surface area contributed by atoms with Gasteiger partial charge in [-0.25, -0.2) is 0 Å². The van der Waals surface area contributed by atoms with Gasteiger partial charge in [-0.2, -0.15) is 0 Å². The molecule has 0 aromatic carbocycles. The van der Waals surface area contributed by atoms with Gasteiger partial charge in [0.2, 0.25) is 0 Å². The molecule has 2 saturated heterocycles. The second-order valence-corrected chi connectivity index (χ2v) is 19.5. The second-order valence-electron chi connectivity index (χ2n) is 19.5. The molecule has 2 heterocycles. The van der Waals surface area contributed by atoms with Gasteiger partial charge in [-0.15, -0.1) is 0 Å². The summed E-state index contributed by atoms with van der Waals surface area (Å²) in [5, 5.41) is 56.1. The molecule has 7 fully saturated rings. The Hall–Kier alpha value is -0.850. The standard InChI is InChI=1S/C38H62O10/c1-19-16-22(29(32(3,4)5)46-20(2)39)48-38(44)28(19)34(8)14-15-37-18-36(37)13-12-25(47-30-27(42)26(41)21(40)17-45-30)33(6,7)23(36)10-11-24(37)35(34,9)31(38)43/h19,21-31,40-44H,10-18H2,1-9H3/t19-,21?,22-,23+,24+,25?,26+,27-,28-,29+,30+,31-,34-,35-,36?,37+,38-/m1/s1. The third-order valence-corrected chi connectivity index (χ3v) is 16.0. The van der Waals surface area contributed by atoms with E-state index in [1.807, 2.05) is 20.8 Å². The molecular formula is C38H62O10. The Morgan fingerprint density at radius 3 is 2.21 bits per heavy atom. The van der Waals surface area contributed by atoms with Gasteiger partial charge in [0.1, 0.15) is 30.5 Å². The minimum atomic E-state index is -1.75. The van der Waals surface area contributed by atoms with E-state index < -0.39 is 59.5 Å². The van der Waals surface area contributed by atoms with E-state index in [1.54, 1.807) is 0 Å². The summed E-state index contributed by atoms with van der Waals surface area (Å²) in [4.78, 5) is 12.2. The quantitative estimate of drug-likeness (QED) is 0.218.